The number of hydrogen-bond acceptors (Lipinski definition) is 4. The summed E-state index contributed by atoms with van der Waals surface area (Å²) in [6.07, 6.45) is 1.14. The van der Waals surface area contributed by atoms with Gasteiger partial charge in [-0.1, -0.05) is 0 Å². The van der Waals surface area contributed by atoms with Gasteiger partial charge in [0.05, 0.1) is 0 Å². The second-order valence-electron chi connectivity index (χ2n) is 6.75. The standard InChI is InChI=1S/C19H24FNO4.Ni/c1-12(9-14-7-8-15(20)13(2)11-14)10-16(17(22)24-6)21-18(23)25-19(3,4)5;/h1,7-9,11,16H,10H2,2-6H3,(H,21,23);/b12-9+;/t16-;/m0./s1. The Morgan fingerprint density at radius 2 is 2.00 bits per heavy atom. The molecule has 0 bridgehead atoms. The molecule has 0 aliphatic carbocycles. The zero-order chi connectivity index (χ0) is 19.9. The molecule has 0 spiro atoms. The van der Waals surface area contributed by atoms with Crippen molar-refractivity contribution in [2.45, 2.75) is 45.8 Å². The maximum absolute atomic E-state index is 13.4. The van der Waals surface area contributed by atoms with Crippen molar-refractivity contribution in [3.05, 3.63) is 40.7 Å². The van der Waals surface area contributed by atoms with Crippen LogP contribution in [0, 0.1) is 12.7 Å². The first-order valence-corrected chi connectivity index (χ1v) is 8.56. The van der Waals surface area contributed by atoms with Gasteiger partial charge in [-0.2, -0.15) is 0 Å². The average Bonchev–Trinajstić information content (AvgIpc) is 2.54. The van der Waals surface area contributed by atoms with Crippen LogP contribution in [-0.2, 0) is 29.3 Å². The van der Waals surface area contributed by atoms with Crippen LogP contribution in [0.2, 0.25) is 0 Å². The molecule has 146 valence electrons. The molecule has 0 fully saturated rings. The molecular formula is C19H24FNNiO4. The molecule has 26 heavy (non-hydrogen) atoms. The molecule has 0 saturated heterocycles. The predicted molar refractivity (Wildman–Crippen MR) is 95.0 cm³/mol. The number of benzene rings is 1. The molecule has 5 nitrogen and oxygen atoms in total. The second-order valence-corrected chi connectivity index (χ2v) is 7.03. The van der Waals surface area contributed by atoms with Crippen LogP contribution in [0.5, 0.6) is 0 Å². The Hall–Kier alpha value is -2.01. The minimum atomic E-state index is -0.950. The van der Waals surface area contributed by atoms with E-state index in [0.717, 1.165) is 5.56 Å². The van der Waals surface area contributed by atoms with Gasteiger partial charge in [-0.15, -0.1) is 0 Å². The summed E-state index contributed by atoms with van der Waals surface area (Å²) in [5.74, 6) is -0.910. The number of halogens is 1. The van der Waals surface area contributed by atoms with Crippen LogP contribution < -0.4 is 5.32 Å². The zero-order valence-electron chi connectivity index (χ0n) is 15.5. The molecule has 1 aromatic rings. The molecule has 0 aliphatic rings. The van der Waals surface area contributed by atoms with Gasteiger partial charge in [-0.3, -0.25) is 0 Å². The van der Waals surface area contributed by atoms with E-state index in [4.69, 9.17) is 24.5 Å². The summed E-state index contributed by atoms with van der Waals surface area (Å²) in [7, 11) is 1.23. The third kappa shape index (κ3) is 7.48. The third-order valence-corrected chi connectivity index (χ3v) is 3.63. The normalized spacial score (nSPS) is 13.0. The van der Waals surface area contributed by atoms with E-state index in [1.807, 2.05) is 0 Å². The van der Waals surface area contributed by atoms with Crippen LogP contribution in [0.3, 0.4) is 0 Å². The number of esters is 1. The number of carbonyl (C=O) groups excluding carboxylic acids is 2. The van der Waals surface area contributed by atoms with Gasteiger partial charge in [0, 0.05) is 0 Å². The third-order valence-electron chi connectivity index (χ3n) is 3.27. The number of amides is 1. The van der Waals surface area contributed by atoms with Crippen LogP contribution in [0.4, 0.5) is 9.18 Å². The Kier molecular flexibility index (Phi) is 8.16. The fraction of sp³-hybridized carbons (Fsp3) is 0.421. The summed E-state index contributed by atoms with van der Waals surface area (Å²) < 4.78 is 23.3. The molecule has 1 amide bonds. The Balaban J connectivity index is 2.97. The van der Waals surface area contributed by atoms with Crippen molar-refractivity contribution in [3.63, 3.8) is 0 Å². The van der Waals surface area contributed by atoms with Gasteiger partial charge in [0.1, 0.15) is 0 Å². The van der Waals surface area contributed by atoms with Gasteiger partial charge in [0.2, 0.25) is 0 Å². The first kappa shape index (κ1) is 22.0. The Morgan fingerprint density at radius 3 is 2.50 bits per heavy atom. The maximum atomic E-state index is 13.4. The average molecular weight is 408 g/mol. The minimum absolute atomic E-state index is 0.127. The van der Waals surface area contributed by atoms with Gasteiger partial charge in [-0.05, 0) is 0 Å². The molecule has 1 rings (SSSR count). The van der Waals surface area contributed by atoms with Gasteiger partial charge in [0.15, 0.2) is 0 Å². The van der Waals surface area contributed by atoms with Crippen molar-refractivity contribution in [1.29, 1.82) is 0 Å². The summed E-state index contributed by atoms with van der Waals surface area (Å²) >= 11 is 4.69. The van der Waals surface area contributed by atoms with Crippen LogP contribution >= 0.6 is 0 Å². The van der Waals surface area contributed by atoms with Crippen molar-refractivity contribution in [1.82, 2.24) is 5.32 Å². The van der Waals surface area contributed by atoms with Crippen LogP contribution in [-0.4, -0.2) is 35.8 Å². The van der Waals surface area contributed by atoms with Gasteiger partial charge >= 0.3 is 161 Å². The molecule has 0 aromatic heterocycles. The fourth-order valence-electron chi connectivity index (χ4n) is 2.12. The molecule has 1 N–H and O–H groups in total. The molecule has 0 aliphatic heterocycles. The first-order valence-electron chi connectivity index (χ1n) is 7.99. The summed E-state index contributed by atoms with van der Waals surface area (Å²) in [5.41, 5.74) is 1.18. The zero-order valence-corrected chi connectivity index (χ0v) is 16.5. The second kappa shape index (κ2) is 9.63. The monoisotopic (exact) mass is 407 g/mol. The summed E-state index contributed by atoms with van der Waals surface area (Å²) in [6.45, 7) is 6.83. The quantitative estimate of drug-likeness (QED) is 0.580. The number of methoxy groups -OCH3 is 1. The van der Waals surface area contributed by atoms with Crippen molar-refractivity contribution in [2.75, 3.05) is 7.11 Å². The van der Waals surface area contributed by atoms with Crippen molar-refractivity contribution < 1.29 is 38.5 Å². The molecular weight excluding hydrogens is 384 g/mol. The predicted octanol–water partition coefficient (Wildman–Crippen LogP) is 3.32. The number of ether oxygens (including phenoxy) is 2. The molecule has 1 aromatic carbocycles. The van der Waals surface area contributed by atoms with Crippen molar-refractivity contribution in [2.24, 2.45) is 0 Å². The van der Waals surface area contributed by atoms with E-state index in [2.05, 4.69) is 5.32 Å². The summed E-state index contributed by atoms with van der Waals surface area (Å²) in [6, 6.07) is 3.70. The van der Waals surface area contributed by atoms with Crippen LogP contribution in [0.15, 0.2) is 23.8 Å². The summed E-state index contributed by atoms with van der Waals surface area (Å²) in [5, 5.41) is 2.50. The molecule has 1 atom stereocenters. The van der Waals surface area contributed by atoms with Gasteiger partial charge in [-0.25, -0.2) is 0 Å². The Bertz CT molecular complexity index is 710. The van der Waals surface area contributed by atoms with Gasteiger partial charge < -0.3 is 0 Å². The molecule has 0 radical (unpaired) electrons. The number of carbonyl (C=O) groups is 2. The Morgan fingerprint density at radius 1 is 1.35 bits per heavy atom. The van der Waals surface area contributed by atoms with E-state index < -0.39 is 23.7 Å². The number of rotatable bonds is 6. The van der Waals surface area contributed by atoms with Crippen molar-refractivity contribution in [3.8, 4) is 0 Å². The van der Waals surface area contributed by atoms with E-state index in [1.54, 1.807) is 45.9 Å². The fourth-order valence-corrected chi connectivity index (χ4v) is 2.31. The first-order chi connectivity index (χ1) is 12.1. The van der Waals surface area contributed by atoms with E-state index in [9.17, 15) is 14.0 Å². The van der Waals surface area contributed by atoms with Crippen LogP contribution in [0.1, 0.15) is 38.3 Å². The number of aryl methyl sites for hydroxylation is 1. The van der Waals surface area contributed by atoms with E-state index in [0.29, 0.717) is 11.1 Å². The topological polar surface area (TPSA) is 64.6 Å². The van der Waals surface area contributed by atoms with E-state index >= 15 is 0 Å². The van der Waals surface area contributed by atoms with E-state index in [1.165, 1.54) is 18.2 Å². The summed E-state index contributed by atoms with van der Waals surface area (Å²) in [4.78, 5) is 25.4. The molecule has 0 heterocycles. The number of hydrogen-bond donors (Lipinski definition) is 1. The molecule has 0 saturated carbocycles. The molecule has 7 heteroatoms. The number of nitrogens with one attached hydrogen (secondary N) is 1. The molecule has 0 unspecified atom stereocenters. The van der Waals surface area contributed by atoms with Gasteiger partial charge in [0.25, 0.3) is 0 Å². The number of alkyl carbamates (subject to hydrolysis) is 1. The Labute approximate surface area is 160 Å². The van der Waals surface area contributed by atoms with Crippen molar-refractivity contribution >= 4 is 23.1 Å². The van der Waals surface area contributed by atoms with E-state index in [-0.39, 0.29) is 12.2 Å². The SMILES string of the molecule is COC(=O)[C@H](C/C([CH]=[Ni])=C/c1ccc(F)c(C)c1)NC(=O)OC(C)(C)C. The van der Waals surface area contributed by atoms with Crippen LogP contribution in [0.25, 0.3) is 6.08 Å².